The van der Waals surface area contributed by atoms with Crippen molar-refractivity contribution >= 4 is 16.7 Å². The summed E-state index contributed by atoms with van der Waals surface area (Å²) >= 11 is 1.46. The monoisotopic (exact) mass is 184 g/mol. The summed E-state index contributed by atoms with van der Waals surface area (Å²) in [6.45, 7) is 3.86. The van der Waals surface area contributed by atoms with Gasteiger partial charge in [0.2, 0.25) is 5.13 Å². The zero-order valence-electron chi connectivity index (χ0n) is 7.03. The van der Waals surface area contributed by atoms with Gasteiger partial charge in [-0.1, -0.05) is 0 Å². The first-order chi connectivity index (χ1) is 5.75. The Bertz CT molecular complexity index is 272. The van der Waals surface area contributed by atoms with Crippen LogP contribution in [0.3, 0.4) is 0 Å². The Morgan fingerprint density at radius 3 is 3.00 bits per heavy atom. The zero-order chi connectivity index (χ0) is 8.55. The molecule has 12 heavy (non-hydrogen) atoms. The average molecular weight is 184 g/mol. The minimum atomic E-state index is 0.314. The molecule has 0 aromatic carbocycles. The third-order valence-electron chi connectivity index (χ3n) is 2.01. The summed E-state index contributed by atoms with van der Waals surface area (Å²) in [7, 11) is 0. The molecule has 5 heteroatoms. The second-order valence-corrected chi connectivity index (χ2v) is 3.85. The standard InChI is InChI=1S/C7H12N4S/c1-5-9-7(12-10-5)11-3-2-6(8)4-11/h6H,2-4,8H2,1H3. The van der Waals surface area contributed by atoms with Gasteiger partial charge >= 0.3 is 0 Å². The second kappa shape index (κ2) is 2.99. The van der Waals surface area contributed by atoms with Crippen LogP contribution in [0, 0.1) is 6.92 Å². The molecule has 0 bridgehead atoms. The Kier molecular flexibility index (Phi) is 1.98. The van der Waals surface area contributed by atoms with E-state index in [4.69, 9.17) is 5.73 Å². The second-order valence-electron chi connectivity index (χ2n) is 3.12. The minimum Gasteiger partial charge on any atom is -0.345 e. The Labute approximate surface area is 75.6 Å². The molecule has 1 aliphatic heterocycles. The molecule has 1 aliphatic rings. The van der Waals surface area contributed by atoms with Gasteiger partial charge in [-0.25, -0.2) is 4.98 Å². The van der Waals surface area contributed by atoms with Crippen molar-refractivity contribution in [2.75, 3.05) is 18.0 Å². The van der Waals surface area contributed by atoms with Crippen LogP contribution in [-0.2, 0) is 0 Å². The van der Waals surface area contributed by atoms with E-state index in [2.05, 4.69) is 14.3 Å². The summed E-state index contributed by atoms with van der Waals surface area (Å²) < 4.78 is 4.13. The molecule has 0 spiro atoms. The molecule has 66 valence electrons. The fourth-order valence-corrected chi connectivity index (χ4v) is 2.08. The Hall–Kier alpha value is -0.680. The molecule has 2 N–H and O–H groups in total. The number of aryl methyl sites for hydroxylation is 1. The normalized spacial score (nSPS) is 23.5. The Morgan fingerprint density at radius 2 is 2.50 bits per heavy atom. The number of anilines is 1. The zero-order valence-corrected chi connectivity index (χ0v) is 7.84. The first-order valence-corrected chi connectivity index (χ1v) is 4.84. The van der Waals surface area contributed by atoms with Crippen LogP contribution in [0.4, 0.5) is 5.13 Å². The highest BCUT2D eigenvalue weighted by Crippen LogP contribution is 2.20. The molecule has 1 aromatic rings. The van der Waals surface area contributed by atoms with E-state index >= 15 is 0 Å². The highest BCUT2D eigenvalue weighted by atomic mass is 32.1. The van der Waals surface area contributed by atoms with Crippen LogP contribution >= 0.6 is 11.5 Å². The van der Waals surface area contributed by atoms with Crippen LogP contribution in [0.25, 0.3) is 0 Å². The largest absolute Gasteiger partial charge is 0.345 e. The van der Waals surface area contributed by atoms with Crippen molar-refractivity contribution in [2.45, 2.75) is 19.4 Å². The molecule has 0 aliphatic carbocycles. The molecule has 0 saturated carbocycles. The first-order valence-electron chi connectivity index (χ1n) is 4.06. The maximum Gasteiger partial charge on any atom is 0.205 e. The molecule has 1 aromatic heterocycles. The molecular formula is C7H12N4S. The van der Waals surface area contributed by atoms with E-state index in [1.165, 1.54) is 11.5 Å². The molecule has 2 heterocycles. The number of rotatable bonds is 1. The molecule has 4 nitrogen and oxygen atoms in total. The van der Waals surface area contributed by atoms with Crippen LogP contribution in [0.1, 0.15) is 12.2 Å². The van der Waals surface area contributed by atoms with Gasteiger partial charge in [-0.15, -0.1) is 0 Å². The predicted molar refractivity (Wildman–Crippen MR) is 49.5 cm³/mol. The van der Waals surface area contributed by atoms with Gasteiger partial charge in [0, 0.05) is 30.7 Å². The maximum absolute atomic E-state index is 5.78. The number of nitrogens with zero attached hydrogens (tertiary/aromatic N) is 3. The van der Waals surface area contributed by atoms with E-state index in [0.29, 0.717) is 6.04 Å². The molecule has 0 amide bonds. The number of hydrogen-bond donors (Lipinski definition) is 1. The molecular weight excluding hydrogens is 172 g/mol. The summed E-state index contributed by atoms with van der Waals surface area (Å²) in [5.74, 6) is 0.857. The fraction of sp³-hybridized carbons (Fsp3) is 0.714. The number of aromatic nitrogens is 2. The molecule has 2 rings (SSSR count). The molecule has 1 unspecified atom stereocenters. The van der Waals surface area contributed by atoms with Gasteiger partial charge in [0.25, 0.3) is 0 Å². The molecule has 1 atom stereocenters. The van der Waals surface area contributed by atoms with E-state index < -0.39 is 0 Å². The van der Waals surface area contributed by atoms with E-state index in [1.54, 1.807) is 0 Å². The third-order valence-corrected chi connectivity index (χ3v) is 2.88. The van der Waals surface area contributed by atoms with Crippen molar-refractivity contribution < 1.29 is 0 Å². The minimum absolute atomic E-state index is 0.314. The van der Waals surface area contributed by atoms with E-state index in [9.17, 15) is 0 Å². The van der Waals surface area contributed by atoms with Crippen molar-refractivity contribution in [3.63, 3.8) is 0 Å². The van der Waals surface area contributed by atoms with Gasteiger partial charge in [0.15, 0.2) is 0 Å². The van der Waals surface area contributed by atoms with Gasteiger partial charge in [0.05, 0.1) is 0 Å². The topological polar surface area (TPSA) is 55.0 Å². The number of nitrogens with two attached hydrogens (primary N) is 1. The van der Waals surface area contributed by atoms with E-state index in [-0.39, 0.29) is 0 Å². The summed E-state index contributed by atoms with van der Waals surface area (Å²) in [5.41, 5.74) is 5.78. The smallest absolute Gasteiger partial charge is 0.205 e. The SMILES string of the molecule is Cc1nsc(N2CCC(N)C2)n1. The summed E-state index contributed by atoms with van der Waals surface area (Å²) in [4.78, 5) is 6.51. The predicted octanol–water partition coefficient (Wildman–Crippen LogP) is 0.384. The van der Waals surface area contributed by atoms with Gasteiger partial charge in [0.1, 0.15) is 5.82 Å². The Morgan fingerprint density at radius 1 is 1.67 bits per heavy atom. The molecule has 0 radical (unpaired) electrons. The van der Waals surface area contributed by atoms with Crippen molar-refractivity contribution in [3.8, 4) is 0 Å². The molecule has 1 saturated heterocycles. The van der Waals surface area contributed by atoms with Crippen molar-refractivity contribution in [2.24, 2.45) is 5.73 Å². The van der Waals surface area contributed by atoms with E-state index in [1.807, 2.05) is 6.92 Å². The van der Waals surface area contributed by atoms with Crippen molar-refractivity contribution in [1.82, 2.24) is 9.36 Å². The fourth-order valence-electron chi connectivity index (χ4n) is 1.38. The van der Waals surface area contributed by atoms with Gasteiger partial charge in [-0.3, -0.25) is 0 Å². The van der Waals surface area contributed by atoms with Crippen LogP contribution in [0.2, 0.25) is 0 Å². The maximum atomic E-state index is 5.78. The third kappa shape index (κ3) is 1.42. The quantitative estimate of drug-likeness (QED) is 0.685. The van der Waals surface area contributed by atoms with Crippen LogP contribution < -0.4 is 10.6 Å². The van der Waals surface area contributed by atoms with Crippen LogP contribution in [0.5, 0.6) is 0 Å². The lowest BCUT2D eigenvalue weighted by atomic mass is 10.3. The lowest BCUT2D eigenvalue weighted by molar-refractivity contribution is 0.752. The Balaban J connectivity index is 2.11. The average Bonchev–Trinajstić information content (AvgIpc) is 2.58. The van der Waals surface area contributed by atoms with Gasteiger partial charge < -0.3 is 10.6 Å². The van der Waals surface area contributed by atoms with Crippen molar-refractivity contribution in [1.29, 1.82) is 0 Å². The van der Waals surface area contributed by atoms with Crippen LogP contribution in [-0.4, -0.2) is 28.5 Å². The summed E-state index contributed by atoms with van der Waals surface area (Å²) in [6.07, 6.45) is 1.07. The summed E-state index contributed by atoms with van der Waals surface area (Å²) in [6, 6.07) is 0.314. The lowest BCUT2D eigenvalue weighted by Crippen LogP contribution is -2.26. The first kappa shape index (κ1) is 7.94. The lowest BCUT2D eigenvalue weighted by Gasteiger charge is -2.11. The molecule has 1 fully saturated rings. The highest BCUT2D eigenvalue weighted by Gasteiger charge is 2.21. The van der Waals surface area contributed by atoms with Gasteiger partial charge in [-0.2, -0.15) is 4.37 Å². The van der Waals surface area contributed by atoms with Crippen molar-refractivity contribution in [3.05, 3.63) is 5.82 Å². The van der Waals surface area contributed by atoms with Gasteiger partial charge in [-0.05, 0) is 13.3 Å². The van der Waals surface area contributed by atoms with Crippen LogP contribution in [0.15, 0.2) is 0 Å². The highest BCUT2D eigenvalue weighted by molar-refractivity contribution is 7.09. The number of hydrogen-bond acceptors (Lipinski definition) is 5. The summed E-state index contributed by atoms with van der Waals surface area (Å²) in [5, 5.41) is 1.01. The van der Waals surface area contributed by atoms with E-state index in [0.717, 1.165) is 30.5 Å².